The highest BCUT2D eigenvalue weighted by Crippen LogP contribution is 2.35. The van der Waals surface area contributed by atoms with Crippen LogP contribution in [-0.4, -0.2) is 16.6 Å². The Morgan fingerprint density at radius 2 is 2.04 bits per heavy atom. The molecule has 0 radical (unpaired) electrons. The highest BCUT2D eigenvalue weighted by atomic mass is 32.2. The van der Waals surface area contributed by atoms with Gasteiger partial charge in [0.25, 0.3) is 0 Å². The Hall–Kier alpha value is -1.63. The second-order valence-electron chi connectivity index (χ2n) is 4.98. The molecule has 0 aliphatic rings. The molecule has 0 aliphatic heterocycles. The summed E-state index contributed by atoms with van der Waals surface area (Å²) < 4.78 is 0. The summed E-state index contributed by atoms with van der Waals surface area (Å²) in [6.45, 7) is 1.98. The first-order valence-corrected chi connectivity index (χ1v) is 10.1. The molecule has 0 bridgehead atoms. The second-order valence-corrected chi connectivity index (χ2v) is 7.74. The lowest BCUT2D eigenvalue weighted by Crippen LogP contribution is -2.13. The molecule has 0 fully saturated rings. The molecule has 1 amide bonds. The smallest absolute Gasteiger partial charge is 0.234 e. The molecule has 1 N–H and O–H groups in total. The number of hydrogen-bond acceptors (Lipinski definition) is 5. The molecule has 6 heteroatoms. The second kappa shape index (κ2) is 7.77. The lowest BCUT2D eigenvalue weighted by molar-refractivity contribution is -0.113. The van der Waals surface area contributed by atoms with E-state index in [0.29, 0.717) is 5.75 Å². The van der Waals surface area contributed by atoms with E-state index in [4.69, 9.17) is 0 Å². The van der Waals surface area contributed by atoms with Crippen molar-refractivity contribution in [2.24, 2.45) is 0 Å². The molecular weight excluding hydrogens is 344 g/mol. The van der Waals surface area contributed by atoms with Crippen molar-refractivity contribution in [1.29, 1.82) is 0 Å². The number of rotatable bonds is 6. The minimum Gasteiger partial charge on any atom is -0.316 e. The van der Waals surface area contributed by atoms with Crippen LogP contribution in [0.1, 0.15) is 11.3 Å². The molecule has 3 aromatic rings. The SMILES string of the molecule is Cc1csc(-c2ccsc2NC(=O)CSCc2ccccc2)n1. The van der Waals surface area contributed by atoms with Crippen LogP contribution >= 0.6 is 34.4 Å². The fraction of sp³-hybridized carbons (Fsp3) is 0.176. The molecule has 0 unspecified atom stereocenters. The molecule has 0 aliphatic carbocycles. The number of aromatic nitrogens is 1. The molecule has 0 saturated carbocycles. The van der Waals surface area contributed by atoms with Crippen molar-refractivity contribution < 1.29 is 4.79 Å². The Morgan fingerprint density at radius 1 is 1.22 bits per heavy atom. The summed E-state index contributed by atoms with van der Waals surface area (Å²) in [4.78, 5) is 16.6. The van der Waals surface area contributed by atoms with Crippen molar-refractivity contribution >= 4 is 45.3 Å². The minimum absolute atomic E-state index is 0.0305. The highest BCUT2D eigenvalue weighted by molar-refractivity contribution is 7.99. The van der Waals surface area contributed by atoms with Gasteiger partial charge in [0.05, 0.1) is 5.75 Å². The van der Waals surface area contributed by atoms with E-state index in [9.17, 15) is 4.79 Å². The molecule has 3 rings (SSSR count). The van der Waals surface area contributed by atoms with E-state index in [1.807, 2.05) is 41.9 Å². The minimum atomic E-state index is 0.0305. The number of thiazole rings is 1. The molecule has 118 valence electrons. The molecule has 2 aromatic heterocycles. The number of hydrogen-bond donors (Lipinski definition) is 1. The van der Waals surface area contributed by atoms with Crippen molar-refractivity contribution in [1.82, 2.24) is 4.98 Å². The maximum Gasteiger partial charge on any atom is 0.234 e. The largest absolute Gasteiger partial charge is 0.316 e. The van der Waals surface area contributed by atoms with E-state index in [0.717, 1.165) is 27.0 Å². The number of nitrogens with zero attached hydrogens (tertiary/aromatic N) is 1. The van der Waals surface area contributed by atoms with Crippen LogP contribution in [0.15, 0.2) is 47.2 Å². The Bertz CT molecular complexity index is 780. The summed E-state index contributed by atoms with van der Waals surface area (Å²) in [6, 6.07) is 12.2. The standard InChI is InChI=1S/C17H16N2OS3/c1-12-9-23-16(18-12)14-7-8-22-17(14)19-15(20)11-21-10-13-5-3-2-4-6-13/h2-9H,10-11H2,1H3,(H,19,20). The summed E-state index contributed by atoms with van der Waals surface area (Å²) in [5.74, 6) is 1.32. The number of thioether (sulfide) groups is 1. The zero-order valence-corrected chi connectivity index (χ0v) is 15.1. The Kier molecular flexibility index (Phi) is 5.48. The maximum atomic E-state index is 12.1. The number of aryl methyl sites for hydroxylation is 1. The Labute approximate surface area is 147 Å². The first-order chi connectivity index (χ1) is 11.2. The van der Waals surface area contributed by atoms with Crippen LogP contribution in [0.25, 0.3) is 10.6 Å². The van der Waals surface area contributed by atoms with Gasteiger partial charge in [-0.05, 0) is 23.9 Å². The quantitative estimate of drug-likeness (QED) is 0.669. The summed E-state index contributed by atoms with van der Waals surface area (Å²) in [5, 5.41) is 8.85. The third-order valence-electron chi connectivity index (χ3n) is 3.11. The van der Waals surface area contributed by atoms with E-state index in [1.165, 1.54) is 16.9 Å². The predicted molar refractivity (Wildman–Crippen MR) is 101 cm³/mol. The topological polar surface area (TPSA) is 42.0 Å². The summed E-state index contributed by atoms with van der Waals surface area (Å²) in [7, 11) is 0. The maximum absolute atomic E-state index is 12.1. The first-order valence-electron chi connectivity index (χ1n) is 7.14. The van der Waals surface area contributed by atoms with Crippen LogP contribution in [0.3, 0.4) is 0 Å². The van der Waals surface area contributed by atoms with E-state index < -0.39 is 0 Å². The normalized spacial score (nSPS) is 10.7. The summed E-state index contributed by atoms with van der Waals surface area (Å²) in [5.41, 5.74) is 3.25. The number of carbonyl (C=O) groups is 1. The lowest BCUT2D eigenvalue weighted by atomic mass is 10.2. The third-order valence-corrected chi connectivity index (χ3v) is 5.94. The van der Waals surface area contributed by atoms with E-state index >= 15 is 0 Å². The van der Waals surface area contributed by atoms with Crippen molar-refractivity contribution in [2.45, 2.75) is 12.7 Å². The number of anilines is 1. The Balaban J connectivity index is 1.55. The van der Waals surface area contributed by atoms with Crippen LogP contribution in [0.2, 0.25) is 0 Å². The lowest BCUT2D eigenvalue weighted by Gasteiger charge is -2.05. The van der Waals surface area contributed by atoms with Crippen molar-refractivity contribution in [3.05, 3.63) is 58.4 Å². The molecule has 0 spiro atoms. The van der Waals surface area contributed by atoms with Gasteiger partial charge in [0.1, 0.15) is 10.0 Å². The third kappa shape index (κ3) is 4.43. The fourth-order valence-corrected chi connectivity index (χ4v) is 4.54. The van der Waals surface area contributed by atoms with Crippen LogP contribution in [0, 0.1) is 6.92 Å². The molecule has 3 nitrogen and oxygen atoms in total. The van der Waals surface area contributed by atoms with Crippen LogP contribution < -0.4 is 5.32 Å². The van der Waals surface area contributed by atoms with Gasteiger partial charge in [-0.2, -0.15) is 0 Å². The molecule has 0 atom stereocenters. The average molecular weight is 361 g/mol. The van der Waals surface area contributed by atoms with Gasteiger partial charge >= 0.3 is 0 Å². The van der Waals surface area contributed by atoms with E-state index in [-0.39, 0.29) is 5.91 Å². The summed E-state index contributed by atoms with van der Waals surface area (Å²) >= 11 is 4.76. The van der Waals surface area contributed by atoms with Crippen LogP contribution in [0.4, 0.5) is 5.00 Å². The van der Waals surface area contributed by atoms with Gasteiger partial charge in [-0.1, -0.05) is 30.3 Å². The zero-order valence-electron chi connectivity index (χ0n) is 12.6. The molecule has 2 heterocycles. The van der Waals surface area contributed by atoms with Gasteiger partial charge in [-0.3, -0.25) is 4.79 Å². The number of thiophene rings is 1. The number of benzene rings is 1. The number of nitrogens with one attached hydrogen (secondary N) is 1. The molecule has 0 saturated heterocycles. The van der Waals surface area contributed by atoms with E-state index in [1.54, 1.807) is 23.1 Å². The highest BCUT2D eigenvalue weighted by Gasteiger charge is 2.12. The monoisotopic (exact) mass is 360 g/mol. The fourth-order valence-electron chi connectivity index (χ4n) is 2.05. The van der Waals surface area contributed by atoms with Gasteiger partial charge in [0.2, 0.25) is 5.91 Å². The van der Waals surface area contributed by atoms with Gasteiger partial charge in [0, 0.05) is 22.4 Å². The molecule has 1 aromatic carbocycles. The molecule has 23 heavy (non-hydrogen) atoms. The van der Waals surface area contributed by atoms with Crippen molar-refractivity contribution in [3.8, 4) is 10.6 Å². The Morgan fingerprint density at radius 3 is 2.78 bits per heavy atom. The molecular formula is C17H16N2OS3. The van der Waals surface area contributed by atoms with Crippen LogP contribution in [-0.2, 0) is 10.5 Å². The first kappa shape index (κ1) is 16.2. The van der Waals surface area contributed by atoms with Gasteiger partial charge < -0.3 is 5.32 Å². The zero-order chi connectivity index (χ0) is 16.1. The average Bonchev–Trinajstić information content (AvgIpc) is 3.17. The number of amides is 1. The van der Waals surface area contributed by atoms with Crippen LogP contribution in [0.5, 0.6) is 0 Å². The number of carbonyl (C=O) groups excluding carboxylic acids is 1. The predicted octanol–water partition coefficient (Wildman–Crippen LogP) is 5.05. The van der Waals surface area contributed by atoms with Gasteiger partial charge in [-0.25, -0.2) is 4.98 Å². The van der Waals surface area contributed by atoms with Gasteiger partial charge in [-0.15, -0.1) is 34.4 Å². The van der Waals surface area contributed by atoms with E-state index in [2.05, 4.69) is 22.4 Å². The van der Waals surface area contributed by atoms with Crippen molar-refractivity contribution in [2.75, 3.05) is 11.1 Å². The van der Waals surface area contributed by atoms with Crippen molar-refractivity contribution in [3.63, 3.8) is 0 Å². The van der Waals surface area contributed by atoms with Gasteiger partial charge in [0.15, 0.2) is 0 Å². The summed E-state index contributed by atoms with van der Waals surface area (Å²) in [6.07, 6.45) is 0.